The van der Waals surface area contributed by atoms with Crippen molar-refractivity contribution in [1.82, 2.24) is 10.2 Å². The SMILES string of the molecule is CCCNCC1CCCCN(C)C1c1ccc(C)cc1Br. The molecular weight excluding hydrogens is 324 g/mol. The highest BCUT2D eigenvalue weighted by molar-refractivity contribution is 9.10. The van der Waals surface area contributed by atoms with Gasteiger partial charge in [0.05, 0.1) is 0 Å². The standard InChI is InChI=1S/C18H29BrN2/c1-4-10-20-13-15-7-5-6-11-21(3)18(15)16-9-8-14(2)12-17(16)19/h8-9,12,15,18,20H,4-7,10-11,13H2,1-3H3. The second-order valence-electron chi connectivity index (χ2n) is 6.41. The number of likely N-dealkylation sites (tertiary alicyclic amines) is 1. The summed E-state index contributed by atoms with van der Waals surface area (Å²) in [6, 6.07) is 7.34. The highest BCUT2D eigenvalue weighted by atomic mass is 79.9. The first-order chi connectivity index (χ1) is 10.1. The zero-order valence-electron chi connectivity index (χ0n) is 13.7. The average Bonchev–Trinajstić information content (AvgIpc) is 2.62. The summed E-state index contributed by atoms with van der Waals surface area (Å²) in [5.74, 6) is 0.697. The maximum Gasteiger partial charge on any atom is 0.0396 e. The second kappa shape index (κ2) is 8.30. The van der Waals surface area contributed by atoms with Gasteiger partial charge in [0.15, 0.2) is 0 Å². The molecule has 2 atom stereocenters. The molecule has 1 heterocycles. The minimum atomic E-state index is 0.520. The molecule has 2 rings (SSSR count). The fraction of sp³-hybridized carbons (Fsp3) is 0.667. The summed E-state index contributed by atoms with van der Waals surface area (Å²) in [6.45, 7) is 7.85. The van der Waals surface area contributed by atoms with E-state index in [1.54, 1.807) is 0 Å². The van der Waals surface area contributed by atoms with E-state index in [1.165, 1.54) is 47.8 Å². The summed E-state index contributed by atoms with van der Waals surface area (Å²) in [7, 11) is 2.29. The van der Waals surface area contributed by atoms with Crippen molar-refractivity contribution in [2.45, 2.75) is 45.6 Å². The molecule has 0 spiro atoms. The van der Waals surface area contributed by atoms with E-state index in [1.807, 2.05) is 0 Å². The molecule has 1 saturated heterocycles. The van der Waals surface area contributed by atoms with Crippen LogP contribution in [0.25, 0.3) is 0 Å². The van der Waals surface area contributed by atoms with E-state index in [-0.39, 0.29) is 0 Å². The average molecular weight is 353 g/mol. The van der Waals surface area contributed by atoms with Crippen LogP contribution in [0.15, 0.2) is 22.7 Å². The molecule has 1 aliphatic rings. The maximum absolute atomic E-state index is 3.80. The van der Waals surface area contributed by atoms with Crippen LogP contribution >= 0.6 is 15.9 Å². The summed E-state index contributed by atoms with van der Waals surface area (Å²) >= 11 is 3.80. The van der Waals surface area contributed by atoms with Gasteiger partial charge in [0, 0.05) is 10.5 Å². The number of nitrogens with zero attached hydrogens (tertiary/aromatic N) is 1. The molecule has 1 fully saturated rings. The van der Waals surface area contributed by atoms with Gasteiger partial charge >= 0.3 is 0 Å². The number of benzene rings is 1. The Morgan fingerprint density at radius 2 is 2.14 bits per heavy atom. The number of hydrogen-bond donors (Lipinski definition) is 1. The lowest BCUT2D eigenvalue weighted by atomic mass is 9.89. The number of nitrogens with one attached hydrogen (secondary N) is 1. The van der Waals surface area contributed by atoms with Crippen molar-refractivity contribution in [3.8, 4) is 0 Å². The van der Waals surface area contributed by atoms with E-state index in [0.29, 0.717) is 12.0 Å². The van der Waals surface area contributed by atoms with Gasteiger partial charge in [-0.2, -0.15) is 0 Å². The van der Waals surface area contributed by atoms with Crippen LogP contribution in [-0.2, 0) is 0 Å². The van der Waals surface area contributed by atoms with Gasteiger partial charge < -0.3 is 5.32 Å². The largest absolute Gasteiger partial charge is 0.316 e. The third-order valence-corrected chi connectivity index (χ3v) is 5.25. The van der Waals surface area contributed by atoms with Crippen molar-refractivity contribution in [1.29, 1.82) is 0 Å². The van der Waals surface area contributed by atoms with Gasteiger partial charge in [-0.05, 0) is 76.0 Å². The van der Waals surface area contributed by atoms with Gasteiger partial charge in [0.25, 0.3) is 0 Å². The third-order valence-electron chi connectivity index (χ3n) is 4.57. The third kappa shape index (κ3) is 4.54. The number of aryl methyl sites for hydroxylation is 1. The van der Waals surface area contributed by atoms with E-state index in [0.717, 1.165) is 13.1 Å². The van der Waals surface area contributed by atoms with Gasteiger partial charge in [-0.15, -0.1) is 0 Å². The molecule has 1 aromatic carbocycles. The fourth-order valence-electron chi connectivity index (χ4n) is 3.47. The van der Waals surface area contributed by atoms with E-state index in [2.05, 4.69) is 65.2 Å². The van der Waals surface area contributed by atoms with Crippen molar-refractivity contribution in [2.75, 3.05) is 26.7 Å². The van der Waals surface area contributed by atoms with Gasteiger partial charge in [-0.25, -0.2) is 0 Å². The van der Waals surface area contributed by atoms with Gasteiger partial charge in [0.2, 0.25) is 0 Å². The highest BCUT2D eigenvalue weighted by Crippen LogP contribution is 2.37. The van der Waals surface area contributed by atoms with Crippen molar-refractivity contribution in [3.63, 3.8) is 0 Å². The normalized spacial score (nSPS) is 24.0. The Morgan fingerprint density at radius 1 is 1.33 bits per heavy atom. The molecule has 1 aliphatic heterocycles. The maximum atomic E-state index is 3.80. The lowest BCUT2D eigenvalue weighted by molar-refractivity contribution is 0.188. The lowest BCUT2D eigenvalue weighted by Gasteiger charge is -2.34. The molecule has 0 radical (unpaired) electrons. The van der Waals surface area contributed by atoms with E-state index < -0.39 is 0 Å². The second-order valence-corrected chi connectivity index (χ2v) is 7.26. The molecule has 0 amide bonds. The number of halogens is 1. The van der Waals surface area contributed by atoms with E-state index >= 15 is 0 Å². The van der Waals surface area contributed by atoms with Crippen molar-refractivity contribution in [3.05, 3.63) is 33.8 Å². The summed E-state index contributed by atoms with van der Waals surface area (Å²) in [5, 5.41) is 3.64. The molecule has 0 saturated carbocycles. The molecule has 1 aromatic rings. The van der Waals surface area contributed by atoms with Crippen LogP contribution in [0.1, 0.15) is 49.8 Å². The highest BCUT2D eigenvalue weighted by Gasteiger charge is 2.29. The van der Waals surface area contributed by atoms with E-state index in [4.69, 9.17) is 0 Å². The minimum absolute atomic E-state index is 0.520. The van der Waals surface area contributed by atoms with Crippen LogP contribution in [0.4, 0.5) is 0 Å². The van der Waals surface area contributed by atoms with Gasteiger partial charge in [0.1, 0.15) is 0 Å². The van der Waals surface area contributed by atoms with Crippen LogP contribution in [0.3, 0.4) is 0 Å². The molecule has 2 unspecified atom stereocenters. The van der Waals surface area contributed by atoms with Crippen molar-refractivity contribution >= 4 is 15.9 Å². The molecule has 0 aliphatic carbocycles. The first-order valence-electron chi connectivity index (χ1n) is 8.30. The van der Waals surface area contributed by atoms with Gasteiger partial charge in [-0.1, -0.05) is 41.4 Å². The molecular formula is C18H29BrN2. The Morgan fingerprint density at radius 3 is 2.86 bits per heavy atom. The molecule has 0 aromatic heterocycles. The van der Waals surface area contributed by atoms with Crippen LogP contribution in [0, 0.1) is 12.8 Å². The molecule has 3 heteroatoms. The summed E-state index contributed by atoms with van der Waals surface area (Å²) < 4.78 is 1.27. The Hall–Kier alpha value is -0.380. The molecule has 118 valence electrons. The molecule has 21 heavy (non-hydrogen) atoms. The quantitative estimate of drug-likeness (QED) is 0.783. The molecule has 1 N–H and O–H groups in total. The summed E-state index contributed by atoms with van der Waals surface area (Å²) in [5.41, 5.74) is 2.77. The summed E-state index contributed by atoms with van der Waals surface area (Å²) in [6.07, 6.45) is 5.21. The van der Waals surface area contributed by atoms with Crippen LogP contribution < -0.4 is 5.32 Å². The first-order valence-corrected chi connectivity index (χ1v) is 9.09. The Bertz CT molecular complexity index is 447. The molecule has 2 nitrogen and oxygen atoms in total. The minimum Gasteiger partial charge on any atom is -0.316 e. The zero-order chi connectivity index (χ0) is 15.2. The first kappa shape index (κ1) is 17.0. The van der Waals surface area contributed by atoms with Crippen LogP contribution in [0.5, 0.6) is 0 Å². The number of rotatable bonds is 5. The molecule has 0 bridgehead atoms. The van der Waals surface area contributed by atoms with Crippen LogP contribution in [0.2, 0.25) is 0 Å². The lowest BCUT2D eigenvalue weighted by Crippen LogP contribution is -2.35. The van der Waals surface area contributed by atoms with Crippen molar-refractivity contribution in [2.24, 2.45) is 5.92 Å². The topological polar surface area (TPSA) is 15.3 Å². The predicted molar refractivity (Wildman–Crippen MR) is 94.8 cm³/mol. The smallest absolute Gasteiger partial charge is 0.0396 e. The fourth-order valence-corrected chi connectivity index (χ4v) is 4.19. The van der Waals surface area contributed by atoms with Crippen molar-refractivity contribution < 1.29 is 0 Å². The Kier molecular flexibility index (Phi) is 6.72. The van der Waals surface area contributed by atoms with E-state index in [9.17, 15) is 0 Å². The Balaban J connectivity index is 2.23. The predicted octanol–water partition coefficient (Wildman–Crippen LogP) is 4.53. The Labute approximate surface area is 138 Å². The zero-order valence-corrected chi connectivity index (χ0v) is 15.2. The number of hydrogen-bond acceptors (Lipinski definition) is 2. The monoisotopic (exact) mass is 352 g/mol. The summed E-state index contributed by atoms with van der Waals surface area (Å²) in [4.78, 5) is 2.56. The van der Waals surface area contributed by atoms with Gasteiger partial charge in [-0.3, -0.25) is 4.90 Å². The van der Waals surface area contributed by atoms with Crippen LogP contribution in [-0.4, -0.2) is 31.6 Å².